The summed E-state index contributed by atoms with van der Waals surface area (Å²) in [6, 6.07) is 19.6. The van der Waals surface area contributed by atoms with Crippen molar-refractivity contribution in [2.75, 3.05) is 11.9 Å². The fraction of sp³-hybridized carbons (Fsp3) is 0.233. The molecule has 1 aliphatic heterocycles. The molecule has 3 aromatic carbocycles. The molecule has 1 unspecified atom stereocenters. The second-order valence-corrected chi connectivity index (χ2v) is 10.0. The number of hydrogen-bond donors (Lipinski definition) is 2. The van der Waals surface area contributed by atoms with E-state index in [-0.39, 0.29) is 24.7 Å². The SMILES string of the molecule is CN1C(=O)CC(NC(=O)c2ccc3nc(-c4ccc(Cl)cc4)c(CCCCC(=O)O)nc3c2)c2ccccc21. The number of halogens is 1. The van der Waals surface area contributed by atoms with E-state index in [0.717, 1.165) is 22.5 Å². The zero-order valence-corrected chi connectivity index (χ0v) is 22.1. The normalized spacial score (nSPS) is 14.8. The fourth-order valence-electron chi connectivity index (χ4n) is 4.83. The van der Waals surface area contributed by atoms with Gasteiger partial charge in [-0.3, -0.25) is 14.4 Å². The molecule has 39 heavy (non-hydrogen) atoms. The van der Waals surface area contributed by atoms with Gasteiger partial charge in [0.2, 0.25) is 5.91 Å². The highest BCUT2D eigenvalue weighted by Gasteiger charge is 2.30. The molecule has 0 fully saturated rings. The minimum atomic E-state index is -0.831. The molecule has 0 radical (unpaired) electrons. The molecule has 2 amide bonds. The maximum Gasteiger partial charge on any atom is 0.303 e. The van der Waals surface area contributed by atoms with Gasteiger partial charge < -0.3 is 15.3 Å². The Morgan fingerprint density at radius 1 is 1.03 bits per heavy atom. The monoisotopic (exact) mass is 542 g/mol. The molecule has 0 bridgehead atoms. The Labute approximate surface area is 230 Å². The van der Waals surface area contributed by atoms with E-state index in [1.165, 1.54) is 0 Å². The maximum absolute atomic E-state index is 13.3. The van der Waals surface area contributed by atoms with Crippen molar-refractivity contribution in [3.8, 4) is 11.3 Å². The first-order valence-corrected chi connectivity index (χ1v) is 13.1. The number of carboxylic acids is 1. The standard InChI is InChI=1S/C30H27ClN4O4/c1-35-26-8-4-2-6-21(26)24(17-27(35)36)34-30(39)19-12-15-22-25(16-19)32-23(7-3-5-9-28(37)38)29(33-22)18-10-13-20(31)14-11-18/h2,4,6,8,10-16,24H,3,5,7,9,17H2,1H3,(H,34,39)(H,37,38). The molecule has 2 heterocycles. The topological polar surface area (TPSA) is 112 Å². The van der Waals surface area contributed by atoms with Crippen LogP contribution in [0.1, 0.15) is 53.3 Å². The number of anilines is 1. The first kappa shape index (κ1) is 26.3. The van der Waals surface area contributed by atoms with Crippen LogP contribution in [-0.4, -0.2) is 39.9 Å². The number of benzene rings is 3. The Balaban J connectivity index is 1.44. The van der Waals surface area contributed by atoms with E-state index < -0.39 is 12.0 Å². The van der Waals surface area contributed by atoms with Crippen LogP contribution in [0.5, 0.6) is 0 Å². The average molecular weight is 543 g/mol. The highest BCUT2D eigenvalue weighted by Crippen LogP contribution is 2.34. The third kappa shape index (κ3) is 5.76. The molecule has 9 heteroatoms. The van der Waals surface area contributed by atoms with Crippen LogP contribution in [0, 0.1) is 0 Å². The number of aryl methyl sites for hydroxylation is 1. The van der Waals surface area contributed by atoms with Crippen molar-refractivity contribution in [1.82, 2.24) is 15.3 Å². The number of amides is 2. The third-order valence-corrected chi connectivity index (χ3v) is 7.15. The summed E-state index contributed by atoms with van der Waals surface area (Å²) in [5.74, 6) is -1.20. The van der Waals surface area contributed by atoms with Crippen LogP contribution in [0.15, 0.2) is 66.7 Å². The molecule has 0 saturated carbocycles. The van der Waals surface area contributed by atoms with Crippen molar-refractivity contribution in [3.63, 3.8) is 0 Å². The van der Waals surface area contributed by atoms with Crippen molar-refractivity contribution in [2.45, 2.75) is 38.1 Å². The number of unbranched alkanes of at least 4 members (excludes halogenated alkanes) is 1. The predicted octanol–water partition coefficient (Wildman–Crippen LogP) is 5.59. The number of carbonyl (C=O) groups excluding carboxylic acids is 2. The van der Waals surface area contributed by atoms with E-state index in [1.54, 1.807) is 42.3 Å². The van der Waals surface area contributed by atoms with Crippen LogP contribution < -0.4 is 10.2 Å². The van der Waals surface area contributed by atoms with Gasteiger partial charge in [-0.05, 0) is 61.2 Å². The number of aliphatic carboxylic acids is 1. The van der Waals surface area contributed by atoms with Crippen molar-refractivity contribution in [3.05, 3.63) is 88.6 Å². The van der Waals surface area contributed by atoms with Crippen LogP contribution in [0.2, 0.25) is 5.02 Å². The Kier molecular flexibility index (Phi) is 7.56. The lowest BCUT2D eigenvalue weighted by molar-refractivity contribution is -0.137. The van der Waals surface area contributed by atoms with E-state index in [9.17, 15) is 14.4 Å². The lowest BCUT2D eigenvalue weighted by atomic mass is 9.96. The van der Waals surface area contributed by atoms with Gasteiger partial charge in [-0.15, -0.1) is 0 Å². The van der Waals surface area contributed by atoms with Crippen molar-refractivity contribution in [2.24, 2.45) is 0 Å². The number of hydrogen-bond acceptors (Lipinski definition) is 5. The van der Waals surface area contributed by atoms with Gasteiger partial charge in [-0.2, -0.15) is 0 Å². The maximum atomic E-state index is 13.3. The second-order valence-electron chi connectivity index (χ2n) is 9.57. The van der Waals surface area contributed by atoms with Crippen LogP contribution in [0.4, 0.5) is 5.69 Å². The zero-order chi connectivity index (χ0) is 27.5. The summed E-state index contributed by atoms with van der Waals surface area (Å²) in [6.07, 6.45) is 1.96. The molecule has 0 saturated heterocycles. The highest BCUT2D eigenvalue weighted by atomic mass is 35.5. The molecule has 8 nitrogen and oxygen atoms in total. The van der Waals surface area contributed by atoms with Gasteiger partial charge in [-0.25, -0.2) is 9.97 Å². The van der Waals surface area contributed by atoms with Gasteiger partial charge in [0.15, 0.2) is 0 Å². The zero-order valence-electron chi connectivity index (χ0n) is 21.4. The van der Waals surface area contributed by atoms with Gasteiger partial charge in [0.25, 0.3) is 5.91 Å². The first-order chi connectivity index (χ1) is 18.8. The van der Waals surface area contributed by atoms with Crippen LogP contribution in [-0.2, 0) is 16.0 Å². The van der Waals surface area contributed by atoms with Gasteiger partial charge in [0, 0.05) is 35.3 Å². The quantitative estimate of drug-likeness (QED) is 0.281. The first-order valence-electron chi connectivity index (χ1n) is 12.7. The summed E-state index contributed by atoms with van der Waals surface area (Å²) >= 11 is 6.08. The van der Waals surface area contributed by atoms with Crippen molar-refractivity contribution in [1.29, 1.82) is 0 Å². The summed E-state index contributed by atoms with van der Waals surface area (Å²) < 4.78 is 0. The number of para-hydroxylation sites is 1. The summed E-state index contributed by atoms with van der Waals surface area (Å²) in [5.41, 5.74) is 5.57. The summed E-state index contributed by atoms with van der Waals surface area (Å²) in [5, 5.41) is 12.6. The Morgan fingerprint density at radius 3 is 2.56 bits per heavy atom. The second kappa shape index (κ2) is 11.2. The number of fused-ring (bicyclic) bond motifs is 2. The van der Waals surface area contributed by atoms with E-state index >= 15 is 0 Å². The highest BCUT2D eigenvalue weighted by molar-refractivity contribution is 6.30. The molecular formula is C30H27ClN4O4. The smallest absolute Gasteiger partial charge is 0.303 e. The van der Waals surface area contributed by atoms with Crippen molar-refractivity contribution >= 4 is 46.1 Å². The summed E-state index contributed by atoms with van der Waals surface area (Å²) in [7, 11) is 1.73. The van der Waals surface area contributed by atoms with Crippen LogP contribution >= 0.6 is 11.6 Å². The van der Waals surface area contributed by atoms with Gasteiger partial charge in [0.1, 0.15) is 0 Å². The third-order valence-electron chi connectivity index (χ3n) is 6.90. The van der Waals surface area contributed by atoms with Crippen LogP contribution in [0.25, 0.3) is 22.3 Å². The number of nitrogens with zero attached hydrogens (tertiary/aromatic N) is 3. The lowest BCUT2D eigenvalue weighted by Gasteiger charge is -2.32. The van der Waals surface area contributed by atoms with Crippen molar-refractivity contribution < 1.29 is 19.5 Å². The van der Waals surface area contributed by atoms with Gasteiger partial charge >= 0.3 is 5.97 Å². The number of carbonyl (C=O) groups is 3. The molecule has 2 N–H and O–H groups in total. The summed E-state index contributed by atoms with van der Waals surface area (Å²) in [6.45, 7) is 0. The molecular weight excluding hydrogens is 516 g/mol. The Bertz CT molecular complexity index is 1570. The summed E-state index contributed by atoms with van der Waals surface area (Å²) in [4.78, 5) is 48.1. The molecule has 5 rings (SSSR count). The van der Waals surface area contributed by atoms with Gasteiger partial charge in [-0.1, -0.05) is 41.9 Å². The molecule has 1 aliphatic rings. The lowest BCUT2D eigenvalue weighted by Crippen LogP contribution is -2.39. The molecule has 0 spiro atoms. The predicted molar refractivity (Wildman–Crippen MR) is 150 cm³/mol. The van der Waals surface area contributed by atoms with E-state index in [1.807, 2.05) is 36.4 Å². The van der Waals surface area contributed by atoms with E-state index in [4.69, 9.17) is 26.7 Å². The minimum absolute atomic E-state index is 0.0642. The number of carboxylic acid groups (broad SMARTS) is 1. The Hall–Kier alpha value is -4.30. The number of nitrogens with one attached hydrogen (secondary N) is 1. The largest absolute Gasteiger partial charge is 0.481 e. The molecule has 4 aromatic rings. The molecule has 1 atom stereocenters. The molecule has 0 aliphatic carbocycles. The number of rotatable bonds is 8. The minimum Gasteiger partial charge on any atom is -0.481 e. The number of aromatic nitrogens is 2. The Morgan fingerprint density at radius 2 is 1.79 bits per heavy atom. The molecule has 198 valence electrons. The average Bonchev–Trinajstić information content (AvgIpc) is 2.93. The van der Waals surface area contributed by atoms with E-state index in [2.05, 4.69) is 5.32 Å². The van der Waals surface area contributed by atoms with Gasteiger partial charge in [0.05, 0.1) is 34.9 Å². The van der Waals surface area contributed by atoms with Crippen LogP contribution in [0.3, 0.4) is 0 Å². The fourth-order valence-corrected chi connectivity index (χ4v) is 4.95. The van der Waals surface area contributed by atoms with E-state index in [0.29, 0.717) is 46.6 Å². The molecule has 1 aromatic heterocycles.